The van der Waals surface area contributed by atoms with Crippen molar-refractivity contribution in [1.82, 2.24) is 15.2 Å². The highest BCUT2D eigenvalue weighted by molar-refractivity contribution is 6.05. The fraction of sp³-hybridized carbons (Fsp3) is 0.250. The van der Waals surface area contributed by atoms with Gasteiger partial charge >= 0.3 is 0 Å². The minimum absolute atomic E-state index is 0.0514. The van der Waals surface area contributed by atoms with E-state index in [-0.39, 0.29) is 11.3 Å². The standard InChI is InChI=1S/C20H20N6O3/c1-13-21-19(24-23-13)14-5-4-6-16(11-14)22-20(27)15-7-8-17(18(12-15)26(28)29)25-9-2-3-10-25/h4-8,11-12H,2-3,9-10H2,1H3,(H,22,27)(H,21,23,24). The van der Waals surface area contributed by atoms with Crippen molar-refractivity contribution in [3.05, 3.63) is 64.0 Å². The maximum atomic E-state index is 12.7. The van der Waals surface area contributed by atoms with E-state index in [4.69, 9.17) is 0 Å². The van der Waals surface area contributed by atoms with Crippen LogP contribution in [0.3, 0.4) is 0 Å². The molecular formula is C20H20N6O3. The number of aromatic amines is 1. The summed E-state index contributed by atoms with van der Waals surface area (Å²) in [6, 6.07) is 11.8. The summed E-state index contributed by atoms with van der Waals surface area (Å²) in [6.45, 7) is 3.39. The number of nitro benzene ring substituents is 1. The molecule has 0 spiro atoms. The Morgan fingerprint density at radius 3 is 2.69 bits per heavy atom. The zero-order chi connectivity index (χ0) is 20.4. The summed E-state index contributed by atoms with van der Waals surface area (Å²) in [5, 5.41) is 21.2. The number of hydrogen-bond acceptors (Lipinski definition) is 6. The van der Waals surface area contributed by atoms with Crippen molar-refractivity contribution >= 4 is 23.0 Å². The molecule has 148 valence electrons. The van der Waals surface area contributed by atoms with Gasteiger partial charge in [-0.1, -0.05) is 12.1 Å². The van der Waals surface area contributed by atoms with Crippen LogP contribution in [0.4, 0.5) is 17.1 Å². The number of amides is 1. The average Bonchev–Trinajstić information content (AvgIpc) is 3.39. The maximum Gasteiger partial charge on any atom is 0.293 e. The molecule has 1 aromatic heterocycles. The van der Waals surface area contributed by atoms with Crippen LogP contribution in [-0.2, 0) is 0 Å². The van der Waals surface area contributed by atoms with Crippen LogP contribution in [0.5, 0.6) is 0 Å². The van der Waals surface area contributed by atoms with E-state index >= 15 is 0 Å². The van der Waals surface area contributed by atoms with Gasteiger partial charge in [0.2, 0.25) is 0 Å². The number of rotatable bonds is 5. The third-order valence-corrected chi connectivity index (χ3v) is 4.86. The number of hydrogen-bond donors (Lipinski definition) is 2. The first-order valence-corrected chi connectivity index (χ1v) is 9.35. The van der Waals surface area contributed by atoms with E-state index in [9.17, 15) is 14.9 Å². The van der Waals surface area contributed by atoms with E-state index in [1.165, 1.54) is 6.07 Å². The summed E-state index contributed by atoms with van der Waals surface area (Å²) in [7, 11) is 0. The quantitative estimate of drug-likeness (QED) is 0.507. The lowest BCUT2D eigenvalue weighted by molar-refractivity contribution is -0.384. The number of nitrogens with one attached hydrogen (secondary N) is 2. The molecule has 0 unspecified atom stereocenters. The second kappa shape index (κ2) is 7.70. The number of anilines is 2. The van der Waals surface area contributed by atoms with Crippen molar-refractivity contribution in [2.45, 2.75) is 19.8 Å². The van der Waals surface area contributed by atoms with Crippen LogP contribution in [0, 0.1) is 17.0 Å². The normalized spacial score (nSPS) is 13.5. The number of carbonyl (C=O) groups excluding carboxylic acids is 1. The molecule has 2 heterocycles. The Labute approximate surface area is 166 Å². The van der Waals surface area contributed by atoms with E-state index in [0.29, 0.717) is 23.0 Å². The highest BCUT2D eigenvalue weighted by atomic mass is 16.6. The molecule has 2 aromatic carbocycles. The number of aryl methyl sites for hydroxylation is 1. The molecule has 3 aromatic rings. The molecule has 0 saturated carbocycles. The molecule has 1 aliphatic rings. The van der Waals surface area contributed by atoms with Crippen molar-refractivity contribution in [3.63, 3.8) is 0 Å². The third kappa shape index (κ3) is 3.93. The van der Waals surface area contributed by atoms with Crippen molar-refractivity contribution in [2.75, 3.05) is 23.3 Å². The molecular weight excluding hydrogens is 372 g/mol. The number of carbonyl (C=O) groups is 1. The summed E-state index contributed by atoms with van der Waals surface area (Å²) in [6.07, 6.45) is 2.03. The molecule has 0 bridgehead atoms. The molecule has 1 aliphatic heterocycles. The van der Waals surface area contributed by atoms with Crippen LogP contribution in [-0.4, -0.2) is 39.1 Å². The van der Waals surface area contributed by atoms with Gasteiger partial charge in [0.05, 0.1) is 4.92 Å². The predicted molar refractivity (Wildman–Crippen MR) is 109 cm³/mol. The molecule has 1 amide bonds. The van der Waals surface area contributed by atoms with Gasteiger partial charge in [-0.05, 0) is 44.0 Å². The van der Waals surface area contributed by atoms with E-state index in [1.54, 1.807) is 37.3 Å². The number of nitro groups is 1. The first kappa shape index (κ1) is 18.6. The largest absolute Gasteiger partial charge is 0.366 e. The van der Waals surface area contributed by atoms with E-state index in [2.05, 4.69) is 20.5 Å². The molecule has 9 heteroatoms. The number of H-pyrrole nitrogens is 1. The van der Waals surface area contributed by atoms with Crippen molar-refractivity contribution in [3.8, 4) is 11.4 Å². The van der Waals surface area contributed by atoms with E-state index in [1.807, 2.05) is 11.0 Å². The van der Waals surface area contributed by atoms with Crippen LogP contribution in [0.15, 0.2) is 42.5 Å². The second-order valence-corrected chi connectivity index (χ2v) is 6.93. The molecule has 4 rings (SSSR count). The monoisotopic (exact) mass is 392 g/mol. The Bertz CT molecular complexity index is 1070. The van der Waals surface area contributed by atoms with Gasteiger partial charge in [0.1, 0.15) is 11.5 Å². The average molecular weight is 392 g/mol. The van der Waals surface area contributed by atoms with E-state index in [0.717, 1.165) is 31.5 Å². The minimum Gasteiger partial charge on any atom is -0.366 e. The molecule has 0 radical (unpaired) electrons. The predicted octanol–water partition coefficient (Wildman–Crippen LogP) is 3.54. The van der Waals surface area contributed by atoms with Gasteiger partial charge in [-0.2, -0.15) is 5.10 Å². The number of aromatic nitrogens is 3. The SMILES string of the molecule is Cc1nc(-c2cccc(NC(=O)c3ccc(N4CCCC4)c([N+](=O)[O-])c3)c2)n[nH]1. The van der Waals surface area contributed by atoms with Gasteiger partial charge in [0, 0.05) is 36.0 Å². The highest BCUT2D eigenvalue weighted by Gasteiger charge is 2.24. The summed E-state index contributed by atoms with van der Waals surface area (Å²) in [4.78, 5) is 30.1. The number of nitrogens with zero attached hydrogens (tertiary/aromatic N) is 4. The molecule has 0 atom stereocenters. The van der Waals surface area contributed by atoms with Crippen LogP contribution in [0.1, 0.15) is 29.0 Å². The maximum absolute atomic E-state index is 12.7. The zero-order valence-corrected chi connectivity index (χ0v) is 15.9. The zero-order valence-electron chi connectivity index (χ0n) is 15.9. The molecule has 2 N–H and O–H groups in total. The topological polar surface area (TPSA) is 117 Å². The molecule has 9 nitrogen and oxygen atoms in total. The summed E-state index contributed by atoms with van der Waals surface area (Å²) in [5.41, 5.74) is 2.05. The van der Waals surface area contributed by atoms with Gasteiger partial charge in [-0.3, -0.25) is 20.0 Å². The Balaban J connectivity index is 1.57. The molecule has 1 saturated heterocycles. The van der Waals surface area contributed by atoms with Crippen LogP contribution in [0.2, 0.25) is 0 Å². The third-order valence-electron chi connectivity index (χ3n) is 4.86. The first-order chi connectivity index (χ1) is 14.0. The lowest BCUT2D eigenvalue weighted by Gasteiger charge is -2.17. The van der Waals surface area contributed by atoms with Crippen LogP contribution in [0.25, 0.3) is 11.4 Å². The summed E-state index contributed by atoms with van der Waals surface area (Å²) >= 11 is 0. The molecule has 1 fully saturated rings. The number of benzene rings is 2. The molecule has 29 heavy (non-hydrogen) atoms. The van der Waals surface area contributed by atoms with E-state index < -0.39 is 10.8 Å². The Hall–Kier alpha value is -3.75. The fourth-order valence-electron chi connectivity index (χ4n) is 3.45. The second-order valence-electron chi connectivity index (χ2n) is 6.93. The summed E-state index contributed by atoms with van der Waals surface area (Å²) in [5.74, 6) is 0.813. The Morgan fingerprint density at radius 1 is 1.21 bits per heavy atom. The van der Waals surface area contributed by atoms with Crippen molar-refractivity contribution < 1.29 is 9.72 Å². The van der Waals surface area contributed by atoms with Gasteiger partial charge in [-0.15, -0.1) is 0 Å². The van der Waals surface area contributed by atoms with Gasteiger partial charge in [-0.25, -0.2) is 4.98 Å². The van der Waals surface area contributed by atoms with Crippen LogP contribution < -0.4 is 10.2 Å². The minimum atomic E-state index is -0.434. The first-order valence-electron chi connectivity index (χ1n) is 9.35. The lowest BCUT2D eigenvalue weighted by Crippen LogP contribution is -2.19. The highest BCUT2D eigenvalue weighted by Crippen LogP contribution is 2.32. The lowest BCUT2D eigenvalue weighted by atomic mass is 10.1. The fourth-order valence-corrected chi connectivity index (χ4v) is 3.45. The van der Waals surface area contributed by atoms with Gasteiger partial charge in [0.15, 0.2) is 5.82 Å². The van der Waals surface area contributed by atoms with Crippen molar-refractivity contribution in [2.24, 2.45) is 0 Å². The van der Waals surface area contributed by atoms with Gasteiger partial charge < -0.3 is 10.2 Å². The summed E-state index contributed by atoms with van der Waals surface area (Å²) < 4.78 is 0. The Kier molecular flexibility index (Phi) is 4.94. The molecule has 0 aliphatic carbocycles. The van der Waals surface area contributed by atoms with Gasteiger partial charge in [0.25, 0.3) is 11.6 Å². The van der Waals surface area contributed by atoms with Crippen molar-refractivity contribution in [1.29, 1.82) is 0 Å². The van der Waals surface area contributed by atoms with Crippen LogP contribution >= 0.6 is 0 Å². The Morgan fingerprint density at radius 2 is 2.00 bits per heavy atom. The smallest absolute Gasteiger partial charge is 0.293 e.